The fraction of sp³-hybridized carbons (Fsp3) is 0.308. The molecule has 2 rings (SSSR count). The van der Waals surface area contributed by atoms with Crippen LogP contribution in [-0.4, -0.2) is 12.1 Å². The van der Waals surface area contributed by atoms with Gasteiger partial charge in [0, 0.05) is 18.1 Å². The second-order valence-electron chi connectivity index (χ2n) is 3.94. The summed E-state index contributed by atoms with van der Waals surface area (Å²) in [5.41, 5.74) is 1.13. The lowest BCUT2D eigenvalue weighted by molar-refractivity contribution is 0.414. The SMILES string of the molecule is COc1ccc(CNC(C)c2nccs2)cc1Cl. The molecule has 1 aromatic heterocycles. The summed E-state index contributed by atoms with van der Waals surface area (Å²) in [5.74, 6) is 0.702. The van der Waals surface area contributed by atoms with E-state index in [2.05, 4.69) is 17.2 Å². The van der Waals surface area contributed by atoms with Crippen molar-refractivity contribution in [2.45, 2.75) is 19.5 Å². The van der Waals surface area contributed by atoms with Gasteiger partial charge in [0.1, 0.15) is 10.8 Å². The lowest BCUT2D eigenvalue weighted by atomic mass is 10.2. The van der Waals surface area contributed by atoms with E-state index in [1.54, 1.807) is 18.4 Å². The summed E-state index contributed by atoms with van der Waals surface area (Å²) in [6.07, 6.45) is 1.82. The fourth-order valence-corrected chi connectivity index (χ4v) is 2.58. The number of aromatic nitrogens is 1. The number of nitrogens with zero attached hydrogens (tertiary/aromatic N) is 1. The summed E-state index contributed by atoms with van der Waals surface area (Å²) in [7, 11) is 1.61. The summed E-state index contributed by atoms with van der Waals surface area (Å²) in [5, 5.41) is 7.13. The molecule has 0 aliphatic carbocycles. The van der Waals surface area contributed by atoms with Crippen molar-refractivity contribution in [2.24, 2.45) is 0 Å². The molecule has 3 nitrogen and oxygen atoms in total. The summed E-state index contributed by atoms with van der Waals surface area (Å²) in [6, 6.07) is 6.05. The second kappa shape index (κ2) is 6.18. The van der Waals surface area contributed by atoms with Crippen LogP contribution in [-0.2, 0) is 6.54 Å². The molecule has 0 bridgehead atoms. The van der Waals surface area contributed by atoms with Crippen molar-refractivity contribution in [3.63, 3.8) is 0 Å². The zero-order valence-corrected chi connectivity index (χ0v) is 11.9. The van der Waals surface area contributed by atoms with Gasteiger partial charge in [-0.05, 0) is 24.6 Å². The molecule has 1 heterocycles. The molecular formula is C13H15ClN2OS. The highest BCUT2D eigenvalue weighted by molar-refractivity contribution is 7.09. The second-order valence-corrected chi connectivity index (χ2v) is 5.28. The molecule has 2 aromatic rings. The van der Waals surface area contributed by atoms with Crippen LogP contribution in [0, 0.1) is 0 Å². The molecule has 1 N–H and O–H groups in total. The van der Waals surface area contributed by atoms with Gasteiger partial charge in [0.25, 0.3) is 0 Å². The Morgan fingerprint density at radius 1 is 1.50 bits per heavy atom. The van der Waals surface area contributed by atoms with Gasteiger partial charge in [-0.3, -0.25) is 0 Å². The summed E-state index contributed by atoms with van der Waals surface area (Å²) >= 11 is 7.74. The Morgan fingerprint density at radius 3 is 2.94 bits per heavy atom. The maximum absolute atomic E-state index is 6.08. The molecule has 1 unspecified atom stereocenters. The molecule has 0 radical (unpaired) electrons. The van der Waals surface area contributed by atoms with Crippen molar-refractivity contribution in [1.82, 2.24) is 10.3 Å². The average molecular weight is 283 g/mol. The van der Waals surface area contributed by atoms with Crippen LogP contribution >= 0.6 is 22.9 Å². The highest BCUT2D eigenvalue weighted by Gasteiger charge is 2.08. The Bertz CT molecular complexity index is 502. The van der Waals surface area contributed by atoms with E-state index in [0.29, 0.717) is 10.8 Å². The van der Waals surface area contributed by atoms with Crippen molar-refractivity contribution < 1.29 is 4.74 Å². The summed E-state index contributed by atoms with van der Waals surface area (Å²) < 4.78 is 5.12. The molecule has 0 aliphatic rings. The third-order valence-corrected chi connectivity index (χ3v) is 3.90. The molecule has 1 atom stereocenters. The molecule has 0 aliphatic heterocycles. The molecule has 0 fully saturated rings. The Hall–Kier alpha value is -1.10. The first-order chi connectivity index (χ1) is 8.70. The predicted molar refractivity (Wildman–Crippen MR) is 75.4 cm³/mol. The van der Waals surface area contributed by atoms with Crippen molar-refractivity contribution in [1.29, 1.82) is 0 Å². The Kier molecular flexibility index (Phi) is 4.58. The van der Waals surface area contributed by atoms with Crippen LogP contribution in [0.1, 0.15) is 23.5 Å². The zero-order chi connectivity index (χ0) is 13.0. The minimum atomic E-state index is 0.242. The fourth-order valence-electron chi connectivity index (χ4n) is 1.63. The average Bonchev–Trinajstić information content (AvgIpc) is 2.90. The van der Waals surface area contributed by atoms with Gasteiger partial charge in [0.15, 0.2) is 0 Å². The van der Waals surface area contributed by atoms with Gasteiger partial charge in [-0.15, -0.1) is 11.3 Å². The van der Waals surface area contributed by atoms with Gasteiger partial charge in [-0.25, -0.2) is 4.98 Å². The quantitative estimate of drug-likeness (QED) is 0.909. The van der Waals surface area contributed by atoms with Crippen molar-refractivity contribution >= 4 is 22.9 Å². The van der Waals surface area contributed by atoms with Crippen molar-refractivity contribution in [3.8, 4) is 5.75 Å². The summed E-state index contributed by atoms with van der Waals surface area (Å²) in [4.78, 5) is 4.28. The third-order valence-electron chi connectivity index (χ3n) is 2.65. The van der Waals surface area contributed by atoms with Crippen molar-refractivity contribution in [2.75, 3.05) is 7.11 Å². The maximum atomic E-state index is 6.08. The molecule has 0 saturated heterocycles. The van der Waals surface area contributed by atoms with Crippen LogP contribution in [0.25, 0.3) is 0 Å². The molecule has 1 aromatic carbocycles. The molecule has 5 heteroatoms. The van der Waals surface area contributed by atoms with E-state index in [0.717, 1.165) is 17.1 Å². The number of hydrogen-bond acceptors (Lipinski definition) is 4. The van der Waals surface area contributed by atoms with Gasteiger partial charge < -0.3 is 10.1 Å². The van der Waals surface area contributed by atoms with Crippen LogP contribution < -0.4 is 10.1 Å². The number of rotatable bonds is 5. The van der Waals surface area contributed by atoms with Crippen LogP contribution in [0.3, 0.4) is 0 Å². The van der Waals surface area contributed by atoms with E-state index in [9.17, 15) is 0 Å². The Morgan fingerprint density at radius 2 is 2.33 bits per heavy atom. The summed E-state index contributed by atoms with van der Waals surface area (Å²) in [6.45, 7) is 2.86. The van der Waals surface area contributed by atoms with Crippen LogP contribution in [0.2, 0.25) is 5.02 Å². The molecule has 0 amide bonds. The monoisotopic (exact) mass is 282 g/mol. The molecule has 0 saturated carbocycles. The largest absolute Gasteiger partial charge is 0.495 e. The lowest BCUT2D eigenvalue weighted by Gasteiger charge is -2.12. The van der Waals surface area contributed by atoms with E-state index in [1.807, 2.05) is 29.8 Å². The molecule has 96 valence electrons. The Labute approximate surface area is 116 Å². The van der Waals surface area contributed by atoms with Crippen LogP contribution in [0.4, 0.5) is 0 Å². The smallest absolute Gasteiger partial charge is 0.137 e. The van der Waals surface area contributed by atoms with E-state index in [-0.39, 0.29) is 6.04 Å². The first-order valence-electron chi connectivity index (χ1n) is 5.66. The maximum Gasteiger partial charge on any atom is 0.137 e. The van der Waals surface area contributed by atoms with Crippen molar-refractivity contribution in [3.05, 3.63) is 45.4 Å². The standard InChI is InChI=1S/C13H15ClN2OS/c1-9(13-15-5-6-18-13)16-8-10-3-4-12(17-2)11(14)7-10/h3-7,9,16H,8H2,1-2H3. The highest BCUT2D eigenvalue weighted by Crippen LogP contribution is 2.25. The molecule has 18 heavy (non-hydrogen) atoms. The molecular weight excluding hydrogens is 268 g/mol. The topological polar surface area (TPSA) is 34.1 Å². The predicted octanol–water partition coefficient (Wildman–Crippen LogP) is 3.66. The third kappa shape index (κ3) is 3.22. The zero-order valence-electron chi connectivity index (χ0n) is 10.3. The number of halogens is 1. The Balaban J connectivity index is 1.96. The first-order valence-corrected chi connectivity index (χ1v) is 6.91. The van der Waals surface area contributed by atoms with E-state index < -0.39 is 0 Å². The van der Waals surface area contributed by atoms with Gasteiger partial charge in [0.05, 0.1) is 18.2 Å². The lowest BCUT2D eigenvalue weighted by Crippen LogP contribution is -2.17. The van der Waals surface area contributed by atoms with Crippen LogP contribution in [0.5, 0.6) is 5.75 Å². The first kappa shape index (κ1) is 13.3. The minimum absolute atomic E-state index is 0.242. The highest BCUT2D eigenvalue weighted by atomic mass is 35.5. The number of benzene rings is 1. The van der Waals surface area contributed by atoms with Crippen LogP contribution in [0.15, 0.2) is 29.8 Å². The van der Waals surface area contributed by atoms with Gasteiger partial charge in [-0.2, -0.15) is 0 Å². The minimum Gasteiger partial charge on any atom is -0.495 e. The van der Waals surface area contributed by atoms with E-state index >= 15 is 0 Å². The van der Waals surface area contributed by atoms with Gasteiger partial charge >= 0.3 is 0 Å². The van der Waals surface area contributed by atoms with E-state index in [4.69, 9.17) is 16.3 Å². The number of hydrogen-bond donors (Lipinski definition) is 1. The van der Waals surface area contributed by atoms with E-state index in [1.165, 1.54) is 0 Å². The van der Waals surface area contributed by atoms with Gasteiger partial charge in [-0.1, -0.05) is 17.7 Å². The molecule has 0 spiro atoms. The number of nitrogens with one attached hydrogen (secondary N) is 1. The number of ether oxygens (including phenoxy) is 1. The van der Waals surface area contributed by atoms with Gasteiger partial charge in [0.2, 0.25) is 0 Å². The number of methoxy groups -OCH3 is 1. The number of thiazole rings is 1. The normalized spacial score (nSPS) is 12.4.